The van der Waals surface area contributed by atoms with Crippen LogP contribution < -0.4 is 0 Å². The van der Waals surface area contributed by atoms with Crippen molar-refractivity contribution in [2.24, 2.45) is 0 Å². The van der Waals surface area contributed by atoms with E-state index in [2.05, 4.69) is 113 Å². The standard InChI is InChI=1S/C35H26N4/c1-23-7-4-9-29-31-11-6-22-37-35(31)39(33(23)29)27-19-15-25(16-20-27)24-13-17-26(18-14-24)38-32-12-3-2-8-28(32)30-10-5-21-36-34(30)38/h2-6,8-23H,7H2,1H3. The molecule has 0 aliphatic heterocycles. The summed E-state index contributed by atoms with van der Waals surface area (Å²) < 4.78 is 4.60. The topological polar surface area (TPSA) is 35.6 Å². The fourth-order valence-corrected chi connectivity index (χ4v) is 6.25. The van der Waals surface area contributed by atoms with Gasteiger partial charge in [-0.25, -0.2) is 9.97 Å². The van der Waals surface area contributed by atoms with Crippen LogP contribution in [0.25, 0.3) is 61.5 Å². The van der Waals surface area contributed by atoms with Gasteiger partial charge in [-0.15, -0.1) is 0 Å². The third-order valence-electron chi connectivity index (χ3n) is 8.06. The number of aromatic nitrogens is 4. The van der Waals surface area contributed by atoms with Gasteiger partial charge in [0, 0.05) is 57.1 Å². The van der Waals surface area contributed by atoms with Crippen LogP contribution in [-0.4, -0.2) is 19.1 Å². The number of allylic oxidation sites excluding steroid dienone is 1. The molecule has 0 saturated heterocycles. The van der Waals surface area contributed by atoms with Crippen LogP contribution in [0.1, 0.15) is 30.5 Å². The van der Waals surface area contributed by atoms with Crippen LogP contribution >= 0.6 is 0 Å². The number of nitrogens with zero attached hydrogens (tertiary/aromatic N) is 4. The second kappa shape index (κ2) is 8.53. The van der Waals surface area contributed by atoms with E-state index >= 15 is 0 Å². The van der Waals surface area contributed by atoms with E-state index in [9.17, 15) is 0 Å². The van der Waals surface area contributed by atoms with E-state index in [1.807, 2.05) is 24.5 Å². The fraction of sp³-hybridized carbons (Fsp3) is 0.0857. The average molecular weight is 503 g/mol. The normalized spacial score (nSPS) is 14.8. The van der Waals surface area contributed by atoms with Gasteiger partial charge < -0.3 is 0 Å². The summed E-state index contributed by atoms with van der Waals surface area (Å²) >= 11 is 0. The molecule has 7 aromatic rings. The van der Waals surface area contributed by atoms with E-state index in [-0.39, 0.29) is 0 Å². The number of pyridine rings is 2. The Morgan fingerprint density at radius 1 is 0.615 bits per heavy atom. The first-order valence-corrected chi connectivity index (χ1v) is 13.5. The van der Waals surface area contributed by atoms with E-state index in [0.29, 0.717) is 5.92 Å². The molecule has 8 rings (SSSR count). The molecule has 0 N–H and O–H groups in total. The molecule has 3 aromatic carbocycles. The number of hydrogen-bond donors (Lipinski definition) is 0. The molecule has 4 nitrogen and oxygen atoms in total. The fourth-order valence-electron chi connectivity index (χ4n) is 6.25. The summed E-state index contributed by atoms with van der Waals surface area (Å²) in [4.78, 5) is 9.49. The molecule has 4 heterocycles. The molecule has 1 aliphatic rings. The molecule has 0 radical (unpaired) electrons. The van der Waals surface area contributed by atoms with E-state index in [1.165, 1.54) is 44.1 Å². The summed E-state index contributed by atoms with van der Waals surface area (Å²) in [6.07, 6.45) is 9.35. The molecular formula is C35H26N4. The maximum absolute atomic E-state index is 4.78. The highest BCUT2D eigenvalue weighted by Crippen LogP contribution is 2.39. The molecule has 1 unspecified atom stereocenters. The van der Waals surface area contributed by atoms with Crippen LogP contribution in [0.3, 0.4) is 0 Å². The Morgan fingerprint density at radius 3 is 1.92 bits per heavy atom. The third kappa shape index (κ3) is 3.31. The van der Waals surface area contributed by atoms with Gasteiger partial charge in [0.05, 0.1) is 5.52 Å². The highest BCUT2D eigenvalue weighted by Gasteiger charge is 2.23. The molecule has 0 spiro atoms. The zero-order valence-electron chi connectivity index (χ0n) is 21.6. The smallest absolute Gasteiger partial charge is 0.145 e. The van der Waals surface area contributed by atoms with Crippen molar-refractivity contribution in [1.82, 2.24) is 19.1 Å². The van der Waals surface area contributed by atoms with Crippen LogP contribution in [0.15, 0.2) is 116 Å². The van der Waals surface area contributed by atoms with Gasteiger partial charge in [-0.2, -0.15) is 0 Å². The quantitative estimate of drug-likeness (QED) is 0.242. The summed E-state index contributed by atoms with van der Waals surface area (Å²) in [7, 11) is 0. The van der Waals surface area contributed by atoms with Gasteiger partial charge in [0.15, 0.2) is 0 Å². The maximum Gasteiger partial charge on any atom is 0.145 e. The van der Waals surface area contributed by atoms with Crippen LogP contribution in [0, 0.1) is 0 Å². The molecule has 0 saturated carbocycles. The number of para-hydroxylation sites is 1. The average Bonchev–Trinajstić information content (AvgIpc) is 3.52. The molecule has 186 valence electrons. The van der Waals surface area contributed by atoms with Crippen LogP contribution in [0.2, 0.25) is 0 Å². The van der Waals surface area contributed by atoms with Gasteiger partial charge in [0.1, 0.15) is 11.3 Å². The predicted molar refractivity (Wildman–Crippen MR) is 161 cm³/mol. The van der Waals surface area contributed by atoms with Crippen molar-refractivity contribution >= 4 is 39.0 Å². The Bertz CT molecular complexity index is 1990. The van der Waals surface area contributed by atoms with Crippen molar-refractivity contribution in [1.29, 1.82) is 0 Å². The van der Waals surface area contributed by atoms with Crippen molar-refractivity contribution in [2.75, 3.05) is 0 Å². The Balaban J connectivity index is 1.19. The molecule has 1 atom stereocenters. The van der Waals surface area contributed by atoms with Crippen LogP contribution in [0.4, 0.5) is 0 Å². The minimum absolute atomic E-state index is 0.446. The van der Waals surface area contributed by atoms with Gasteiger partial charge in [0.25, 0.3) is 0 Å². The lowest BCUT2D eigenvalue weighted by Gasteiger charge is -2.19. The lowest BCUT2D eigenvalue weighted by Crippen LogP contribution is -2.07. The number of benzene rings is 3. The number of fused-ring (bicyclic) bond motifs is 6. The van der Waals surface area contributed by atoms with Crippen molar-refractivity contribution in [2.45, 2.75) is 19.3 Å². The Morgan fingerprint density at radius 2 is 1.21 bits per heavy atom. The van der Waals surface area contributed by atoms with E-state index in [4.69, 9.17) is 9.97 Å². The van der Waals surface area contributed by atoms with Gasteiger partial charge in [-0.05, 0) is 72.1 Å². The summed E-state index contributed by atoms with van der Waals surface area (Å²) in [6.45, 7) is 2.31. The molecule has 1 aliphatic carbocycles. The summed E-state index contributed by atoms with van der Waals surface area (Å²) in [5.74, 6) is 0.446. The maximum atomic E-state index is 4.78. The third-order valence-corrected chi connectivity index (χ3v) is 8.06. The first-order valence-electron chi connectivity index (χ1n) is 13.5. The molecule has 4 aromatic heterocycles. The molecule has 0 amide bonds. The number of rotatable bonds is 3. The van der Waals surface area contributed by atoms with Gasteiger partial charge >= 0.3 is 0 Å². The van der Waals surface area contributed by atoms with E-state index < -0.39 is 0 Å². The zero-order valence-corrected chi connectivity index (χ0v) is 21.6. The Labute approximate surface area is 226 Å². The Kier molecular flexibility index (Phi) is 4.83. The molecular weight excluding hydrogens is 476 g/mol. The van der Waals surface area contributed by atoms with E-state index in [0.717, 1.165) is 29.1 Å². The van der Waals surface area contributed by atoms with Crippen LogP contribution in [0.5, 0.6) is 0 Å². The predicted octanol–water partition coefficient (Wildman–Crippen LogP) is 8.71. The first kappa shape index (κ1) is 22.1. The van der Waals surface area contributed by atoms with Gasteiger partial charge in [0.2, 0.25) is 0 Å². The highest BCUT2D eigenvalue weighted by atomic mass is 15.1. The monoisotopic (exact) mass is 502 g/mol. The zero-order chi connectivity index (χ0) is 25.9. The largest absolute Gasteiger partial charge is 0.297 e. The first-order chi connectivity index (χ1) is 19.3. The second-order valence-corrected chi connectivity index (χ2v) is 10.4. The lowest BCUT2D eigenvalue weighted by atomic mass is 9.93. The van der Waals surface area contributed by atoms with Crippen molar-refractivity contribution in [3.8, 4) is 22.5 Å². The minimum Gasteiger partial charge on any atom is -0.297 e. The van der Waals surface area contributed by atoms with E-state index in [1.54, 1.807) is 0 Å². The molecule has 4 heteroatoms. The minimum atomic E-state index is 0.446. The molecule has 39 heavy (non-hydrogen) atoms. The summed E-state index contributed by atoms with van der Waals surface area (Å²) in [5, 5.41) is 3.61. The summed E-state index contributed by atoms with van der Waals surface area (Å²) in [5.41, 5.74) is 10.5. The molecule has 0 fully saturated rings. The van der Waals surface area contributed by atoms with Crippen molar-refractivity contribution in [3.63, 3.8) is 0 Å². The van der Waals surface area contributed by atoms with Crippen molar-refractivity contribution < 1.29 is 0 Å². The SMILES string of the molecule is CC1CC=Cc2c1n(-c1ccc(-c3ccc(-n4c5ccccc5c5cccnc54)cc3)cc1)c1ncccc21. The molecule has 0 bridgehead atoms. The second-order valence-electron chi connectivity index (χ2n) is 10.4. The van der Waals surface area contributed by atoms with Gasteiger partial charge in [-0.3, -0.25) is 9.13 Å². The lowest BCUT2D eigenvalue weighted by molar-refractivity contribution is 0.722. The number of hydrogen-bond acceptors (Lipinski definition) is 2. The van der Waals surface area contributed by atoms with Gasteiger partial charge in [-0.1, -0.05) is 61.5 Å². The van der Waals surface area contributed by atoms with Crippen LogP contribution in [-0.2, 0) is 0 Å². The highest BCUT2D eigenvalue weighted by molar-refractivity contribution is 6.07. The summed E-state index contributed by atoms with van der Waals surface area (Å²) in [6, 6.07) is 34.6. The Hall–Kier alpha value is -4.96. The van der Waals surface area contributed by atoms with Crippen molar-refractivity contribution in [3.05, 3.63) is 127 Å².